The van der Waals surface area contributed by atoms with Crippen molar-refractivity contribution in [2.45, 2.75) is 39.7 Å². The van der Waals surface area contributed by atoms with Crippen molar-refractivity contribution >= 4 is 5.82 Å². The third-order valence-corrected chi connectivity index (χ3v) is 3.81. The molecule has 0 bridgehead atoms. The van der Waals surface area contributed by atoms with Gasteiger partial charge in [-0.3, -0.25) is 4.79 Å². The first-order valence-corrected chi connectivity index (χ1v) is 7.61. The zero-order valence-electron chi connectivity index (χ0n) is 12.8. The number of rotatable bonds is 6. The quantitative estimate of drug-likeness (QED) is 0.864. The molecule has 1 aromatic rings. The Labute approximate surface area is 121 Å². The van der Waals surface area contributed by atoms with Crippen molar-refractivity contribution in [1.29, 1.82) is 0 Å². The van der Waals surface area contributed by atoms with E-state index in [1.165, 1.54) is 25.9 Å². The highest BCUT2D eigenvalue weighted by atomic mass is 16.1. The number of hydrogen-bond acceptors (Lipinski definition) is 4. The molecule has 2 rings (SSSR count). The molecule has 2 heterocycles. The molecule has 0 saturated carbocycles. The molecule has 20 heavy (non-hydrogen) atoms. The summed E-state index contributed by atoms with van der Waals surface area (Å²) in [7, 11) is 0. The van der Waals surface area contributed by atoms with Crippen LogP contribution < -0.4 is 10.9 Å². The lowest BCUT2D eigenvalue weighted by molar-refractivity contribution is 0.294. The van der Waals surface area contributed by atoms with Crippen LogP contribution in [0.25, 0.3) is 0 Å². The summed E-state index contributed by atoms with van der Waals surface area (Å²) in [5.41, 5.74) is -0.0316. The van der Waals surface area contributed by atoms with Crippen molar-refractivity contribution < 1.29 is 0 Å². The van der Waals surface area contributed by atoms with Gasteiger partial charge in [-0.1, -0.05) is 6.92 Å². The maximum Gasteiger partial charge on any atom is 0.293 e. The van der Waals surface area contributed by atoms with E-state index >= 15 is 0 Å². The topological polar surface area (TPSA) is 50.2 Å². The molecule has 5 heteroatoms. The molecule has 0 aromatic carbocycles. The fraction of sp³-hybridized carbons (Fsp3) is 0.733. The van der Waals surface area contributed by atoms with Crippen LogP contribution in [0.1, 0.15) is 39.7 Å². The van der Waals surface area contributed by atoms with Crippen molar-refractivity contribution in [2.75, 3.05) is 31.5 Å². The molecule has 0 aliphatic carbocycles. The van der Waals surface area contributed by atoms with E-state index in [0.717, 1.165) is 13.1 Å². The minimum Gasteiger partial charge on any atom is -0.365 e. The summed E-state index contributed by atoms with van der Waals surface area (Å²) >= 11 is 0. The molecular formula is C15H26N4O. The van der Waals surface area contributed by atoms with Gasteiger partial charge in [-0.15, -0.1) is 0 Å². The van der Waals surface area contributed by atoms with Gasteiger partial charge < -0.3 is 14.8 Å². The fourth-order valence-electron chi connectivity index (χ4n) is 2.69. The van der Waals surface area contributed by atoms with E-state index in [-0.39, 0.29) is 11.6 Å². The molecule has 0 radical (unpaired) electrons. The van der Waals surface area contributed by atoms with Crippen LogP contribution in [-0.2, 0) is 0 Å². The van der Waals surface area contributed by atoms with Gasteiger partial charge in [0.2, 0.25) is 0 Å². The maximum atomic E-state index is 12.2. The lowest BCUT2D eigenvalue weighted by Crippen LogP contribution is -2.31. The molecule has 1 aliphatic heterocycles. The maximum absolute atomic E-state index is 12.2. The number of hydrogen-bond donors (Lipinski definition) is 1. The Bertz CT molecular complexity index is 477. The largest absolute Gasteiger partial charge is 0.365 e. The van der Waals surface area contributed by atoms with Gasteiger partial charge >= 0.3 is 0 Å². The van der Waals surface area contributed by atoms with Crippen LogP contribution in [0.2, 0.25) is 0 Å². The fourth-order valence-corrected chi connectivity index (χ4v) is 2.69. The van der Waals surface area contributed by atoms with Crippen LogP contribution >= 0.6 is 0 Å². The van der Waals surface area contributed by atoms with Gasteiger partial charge in [0.25, 0.3) is 5.56 Å². The van der Waals surface area contributed by atoms with Gasteiger partial charge in [-0.05, 0) is 45.7 Å². The minimum atomic E-state index is -0.0316. The number of nitrogens with zero attached hydrogens (tertiary/aromatic N) is 3. The van der Waals surface area contributed by atoms with Crippen LogP contribution in [0.5, 0.6) is 0 Å². The highest BCUT2D eigenvalue weighted by Crippen LogP contribution is 2.10. The molecule has 1 aromatic heterocycles. The molecule has 5 nitrogen and oxygen atoms in total. The van der Waals surface area contributed by atoms with E-state index in [9.17, 15) is 4.79 Å². The van der Waals surface area contributed by atoms with E-state index in [0.29, 0.717) is 11.7 Å². The third kappa shape index (κ3) is 3.82. The van der Waals surface area contributed by atoms with Crippen molar-refractivity contribution in [3.8, 4) is 0 Å². The Balaban J connectivity index is 1.90. The van der Waals surface area contributed by atoms with E-state index < -0.39 is 0 Å². The Kier molecular flexibility index (Phi) is 5.17. The monoisotopic (exact) mass is 278 g/mol. The Morgan fingerprint density at radius 2 is 2.00 bits per heavy atom. The molecule has 1 atom stereocenters. The van der Waals surface area contributed by atoms with Crippen LogP contribution in [0.3, 0.4) is 0 Å². The lowest BCUT2D eigenvalue weighted by Gasteiger charge is -2.20. The molecule has 0 amide bonds. The normalized spacial score (nSPS) is 17.6. The zero-order chi connectivity index (χ0) is 14.5. The predicted octanol–water partition coefficient (Wildman–Crippen LogP) is 1.97. The molecule has 0 spiro atoms. The number of likely N-dealkylation sites (tertiary alicyclic amines) is 1. The highest BCUT2D eigenvalue weighted by molar-refractivity contribution is 5.30. The standard InChI is InChI=1S/C15H26N4O/c1-12(2)19-9-6-16-14(15(19)20)17-10-13(3)11-18-7-4-5-8-18/h6,9,12-13H,4-5,7-8,10-11H2,1-3H3,(H,16,17). The number of anilines is 1. The zero-order valence-corrected chi connectivity index (χ0v) is 12.8. The highest BCUT2D eigenvalue weighted by Gasteiger charge is 2.15. The SMILES string of the molecule is CC(CNc1nccn(C(C)C)c1=O)CN1CCCC1. The Morgan fingerprint density at radius 1 is 1.30 bits per heavy atom. The average molecular weight is 278 g/mol. The second kappa shape index (κ2) is 6.88. The Hall–Kier alpha value is -1.36. The summed E-state index contributed by atoms with van der Waals surface area (Å²) in [4.78, 5) is 18.9. The number of nitrogens with one attached hydrogen (secondary N) is 1. The van der Waals surface area contributed by atoms with Gasteiger partial charge in [0.15, 0.2) is 5.82 Å². The predicted molar refractivity (Wildman–Crippen MR) is 82.2 cm³/mol. The van der Waals surface area contributed by atoms with E-state index in [2.05, 4.69) is 22.1 Å². The first-order chi connectivity index (χ1) is 9.58. The van der Waals surface area contributed by atoms with Crippen molar-refractivity contribution in [3.05, 3.63) is 22.7 Å². The number of aromatic nitrogens is 2. The average Bonchev–Trinajstić information content (AvgIpc) is 2.90. The molecule has 1 unspecified atom stereocenters. The van der Waals surface area contributed by atoms with Gasteiger partial charge in [0, 0.05) is 31.5 Å². The van der Waals surface area contributed by atoms with Crippen LogP contribution in [0.15, 0.2) is 17.2 Å². The minimum absolute atomic E-state index is 0.0316. The summed E-state index contributed by atoms with van der Waals surface area (Å²) in [6, 6.07) is 0.160. The van der Waals surface area contributed by atoms with Gasteiger partial charge in [0.1, 0.15) is 0 Å². The van der Waals surface area contributed by atoms with Gasteiger partial charge in [-0.25, -0.2) is 4.98 Å². The first kappa shape index (κ1) is 15.0. The second-order valence-electron chi connectivity index (χ2n) is 6.08. The molecule has 1 saturated heterocycles. The van der Waals surface area contributed by atoms with Gasteiger partial charge in [0.05, 0.1) is 0 Å². The van der Waals surface area contributed by atoms with Crippen molar-refractivity contribution in [3.63, 3.8) is 0 Å². The third-order valence-electron chi connectivity index (χ3n) is 3.81. The summed E-state index contributed by atoms with van der Waals surface area (Å²) in [5.74, 6) is 0.983. The molecule has 1 N–H and O–H groups in total. The summed E-state index contributed by atoms with van der Waals surface area (Å²) < 4.78 is 1.71. The smallest absolute Gasteiger partial charge is 0.293 e. The summed E-state index contributed by atoms with van der Waals surface area (Å²) in [5, 5.41) is 3.21. The van der Waals surface area contributed by atoms with Crippen LogP contribution in [-0.4, -0.2) is 40.6 Å². The molecule has 1 aliphatic rings. The van der Waals surface area contributed by atoms with Crippen LogP contribution in [0, 0.1) is 5.92 Å². The molecule has 1 fully saturated rings. The Morgan fingerprint density at radius 3 is 2.65 bits per heavy atom. The van der Waals surface area contributed by atoms with E-state index in [4.69, 9.17) is 0 Å². The van der Waals surface area contributed by atoms with E-state index in [1.807, 2.05) is 13.8 Å². The lowest BCUT2D eigenvalue weighted by atomic mass is 10.1. The van der Waals surface area contributed by atoms with Crippen LogP contribution in [0.4, 0.5) is 5.82 Å². The van der Waals surface area contributed by atoms with Gasteiger partial charge in [-0.2, -0.15) is 0 Å². The summed E-state index contributed by atoms with van der Waals surface area (Å²) in [6.07, 6.45) is 6.07. The summed E-state index contributed by atoms with van der Waals surface area (Å²) in [6.45, 7) is 10.5. The second-order valence-corrected chi connectivity index (χ2v) is 6.08. The molecular weight excluding hydrogens is 252 g/mol. The van der Waals surface area contributed by atoms with Crippen molar-refractivity contribution in [2.24, 2.45) is 5.92 Å². The molecule has 112 valence electrons. The first-order valence-electron chi connectivity index (χ1n) is 7.61. The van der Waals surface area contributed by atoms with E-state index in [1.54, 1.807) is 17.0 Å². The van der Waals surface area contributed by atoms with Crippen molar-refractivity contribution in [1.82, 2.24) is 14.5 Å².